The van der Waals surface area contributed by atoms with Crippen molar-refractivity contribution >= 4 is 107 Å². The highest BCUT2D eigenvalue weighted by atomic mass is 31.2. The van der Waals surface area contributed by atoms with E-state index in [2.05, 4.69) is 52.2 Å². The zero-order valence-electron chi connectivity index (χ0n) is 46.5. The topological polar surface area (TPSA) is 259 Å². The van der Waals surface area contributed by atoms with E-state index >= 15 is 0 Å². The lowest BCUT2D eigenvalue weighted by molar-refractivity contribution is -0.137. The molecule has 5 N–H and O–H groups in total. The highest BCUT2D eigenvalue weighted by Gasteiger charge is 2.58. The predicted molar refractivity (Wildman–Crippen MR) is 322 cm³/mol. The third-order valence-electron chi connectivity index (χ3n) is 14.9. The number of hydrogen-bond donors (Lipinski definition) is 5. The Labute approximate surface area is 473 Å². The van der Waals surface area contributed by atoms with Crippen molar-refractivity contribution in [1.29, 1.82) is 0 Å². The first-order valence-electron chi connectivity index (χ1n) is 28.0. The molecular weight excluding hydrogens is 1100 g/mol. The summed E-state index contributed by atoms with van der Waals surface area (Å²) >= 11 is 0. The van der Waals surface area contributed by atoms with Crippen LogP contribution >= 0.6 is 7.60 Å². The molecule has 1 atom stereocenters. The van der Waals surface area contributed by atoms with Crippen LogP contribution in [0.1, 0.15) is 87.0 Å². The molecule has 0 saturated heterocycles. The summed E-state index contributed by atoms with van der Waals surface area (Å²) in [7, 11) is -14.9. The van der Waals surface area contributed by atoms with E-state index in [1.54, 1.807) is 0 Å². The number of amides is 2. The summed E-state index contributed by atoms with van der Waals surface area (Å²) in [6.07, 6.45) is 4.12. The van der Waals surface area contributed by atoms with Gasteiger partial charge in [-0.05, 0) is 89.9 Å². The van der Waals surface area contributed by atoms with Crippen molar-refractivity contribution in [3.8, 4) is 0 Å². The molecule has 4 aromatic carbocycles. The van der Waals surface area contributed by atoms with Crippen LogP contribution in [-0.4, -0.2) is 134 Å². The number of carboxylic acids is 1. The van der Waals surface area contributed by atoms with E-state index in [-0.39, 0.29) is 43.8 Å². The fraction of sp³-hybridized carbons (Fsp3) is 0.386. The van der Waals surface area contributed by atoms with Gasteiger partial charge in [0.2, 0.25) is 11.8 Å². The molecule has 6 heterocycles. The number of benzene rings is 4. The minimum absolute atomic E-state index is 0.0164. The normalized spacial score (nSPS) is 16.2. The van der Waals surface area contributed by atoms with Crippen molar-refractivity contribution in [3.63, 3.8) is 0 Å². The van der Waals surface area contributed by atoms with Gasteiger partial charge in [-0.15, -0.1) is 0 Å². The molecule has 81 heavy (non-hydrogen) atoms. The number of carboxylic acid groups (broad SMARTS) is 1. The Morgan fingerprint density at radius 2 is 1.00 bits per heavy atom. The lowest BCUT2D eigenvalue weighted by Gasteiger charge is -2.43. The first-order chi connectivity index (χ1) is 38.8. The zero-order chi connectivity index (χ0) is 57.1. The molecule has 4 aliphatic rings. The molecule has 2 amide bonds. The van der Waals surface area contributed by atoms with E-state index in [4.69, 9.17) is 43.3 Å². The molecule has 24 heteroatoms. The van der Waals surface area contributed by atoms with Crippen LogP contribution < -0.4 is 21.6 Å². The molecule has 1 unspecified atom stereocenters. The predicted octanol–water partition coefficient (Wildman–Crippen LogP) is 8.14. The summed E-state index contributed by atoms with van der Waals surface area (Å²) in [6, 6.07) is 33.3. The van der Waals surface area contributed by atoms with Crippen molar-refractivity contribution in [1.82, 2.24) is 24.0 Å². The van der Waals surface area contributed by atoms with Crippen molar-refractivity contribution in [2.75, 3.05) is 38.9 Å². The fourth-order valence-corrected chi connectivity index (χ4v) is 24.1. The second-order valence-corrected chi connectivity index (χ2v) is 35.7. The maximum Gasteiger partial charge on any atom is 0.582 e. The maximum absolute atomic E-state index is 13.6. The molecule has 6 bridgehead atoms. The van der Waals surface area contributed by atoms with E-state index in [1.165, 1.54) is 0 Å². The summed E-state index contributed by atoms with van der Waals surface area (Å²) in [5, 5.41) is 18.5. The second-order valence-electron chi connectivity index (χ2n) is 22.3. The first kappa shape index (κ1) is 57.6. The van der Waals surface area contributed by atoms with E-state index in [0.717, 1.165) is 56.6 Å². The van der Waals surface area contributed by atoms with Crippen LogP contribution in [0.2, 0.25) is 38.3 Å². The molecule has 0 aliphatic carbocycles. The number of rotatable bonds is 26. The zero-order valence-corrected chi connectivity index (χ0v) is 50.4. The smallest absolute Gasteiger partial charge is 0.481 e. The number of aliphatic imine (C=N–C) groups is 4. The summed E-state index contributed by atoms with van der Waals surface area (Å²) in [5.41, 5.74) is 4.33. The molecular formula is C57H70N11O9PSi3. The highest BCUT2D eigenvalue weighted by Crippen LogP contribution is 2.45. The number of unbranched alkanes of at least 4 members (excludes halogenated alkanes) is 2. The average Bonchev–Trinajstić information content (AvgIpc) is 1.89. The third-order valence-corrected chi connectivity index (χ3v) is 27.4. The van der Waals surface area contributed by atoms with Crippen LogP contribution in [0.5, 0.6) is 0 Å². The Bertz CT molecular complexity index is 3590. The monoisotopic (exact) mass is 1170 g/mol. The number of nitrogens with one attached hydrogen (secondary N) is 2. The van der Waals surface area contributed by atoms with Gasteiger partial charge in [-0.3, -0.25) is 32.3 Å². The molecule has 6 aromatic rings. The second kappa shape index (κ2) is 24.0. The van der Waals surface area contributed by atoms with Gasteiger partial charge in [0.05, 0.1) is 12.7 Å². The maximum atomic E-state index is 13.6. The Balaban J connectivity index is 1.14. The van der Waals surface area contributed by atoms with Gasteiger partial charge in [0.25, 0.3) is 0 Å². The Kier molecular flexibility index (Phi) is 17.1. The summed E-state index contributed by atoms with van der Waals surface area (Å²) in [5.74, 6) is 1.78. The van der Waals surface area contributed by atoms with Crippen LogP contribution in [0.3, 0.4) is 0 Å². The average molecular weight is 1170 g/mol. The largest absolute Gasteiger partial charge is 0.582 e. The van der Waals surface area contributed by atoms with Gasteiger partial charge in [-0.25, -0.2) is 30.0 Å². The minimum Gasteiger partial charge on any atom is -0.481 e. The lowest BCUT2D eigenvalue weighted by Crippen LogP contribution is -2.70. The summed E-state index contributed by atoms with van der Waals surface area (Å²) < 4.78 is 32.5. The van der Waals surface area contributed by atoms with E-state index in [9.17, 15) is 28.7 Å². The van der Waals surface area contributed by atoms with E-state index in [1.807, 2.05) is 102 Å². The van der Waals surface area contributed by atoms with Gasteiger partial charge in [0.15, 0.2) is 40.0 Å². The van der Waals surface area contributed by atoms with Crippen molar-refractivity contribution in [2.24, 2.45) is 30.0 Å². The van der Waals surface area contributed by atoms with Crippen molar-refractivity contribution in [3.05, 3.63) is 130 Å². The molecule has 10 rings (SSSR count). The molecule has 0 radical (unpaired) electrons. The number of aliphatic carboxylic acids is 1. The molecule has 424 valence electrons. The van der Waals surface area contributed by atoms with Gasteiger partial charge in [-0.2, -0.15) is 0 Å². The quantitative estimate of drug-likeness (QED) is 0.0198. The van der Waals surface area contributed by atoms with Crippen molar-refractivity contribution < 1.29 is 42.1 Å². The SMILES string of the molecule is CCCCN(CCCP(=O)(O)O)CC(=O)NCCC[Si](C)(C)O[Si]1(O[Si](C)(C)CCCNC(=O)CCCCC(=O)O)n2c3c4ccccc4c2N=C2N=C(N=c4c5ccccc5c(n41)=NC1=NC(=N3)c3ccccc31)c1ccccc12. The highest BCUT2D eigenvalue weighted by molar-refractivity contribution is 7.51. The van der Waals surface area contributed by atoms with Crippen LogP contribution in [0, 0.1) is 0 Å². The minimum atomic E-state index is -4.58. The number of hydrogen-bond acceptors (Lipinski definition) is 13. The Morgan fingerprint density at radius 3 is 1.47 bits per heavy atom. The third kappa shape index (κ3) is 12.7. The Morgan fingerprint density at radius 1 is 0.568 bits per heavy atom. The molecule has 0 saturated carbocycles. The summed E-state index contributed by atoms with van der Waals surface area (Å²) in [4.78, 5) is 91.7. The number of amidine groups is 4. The molecule has 20 nitrogen and oxygen atoms in total. The molecule has 0 fully saturated rings. The molecule has 2 aromatic heterocycles. The van der Waals surface area contributed by atoms with Crippen LogP contribution in [0.15, 0.2) is 127 Å². The van der Waals surface area contributed by atoms with E-state index < -0.39 is 39.1 Å². The molecule has 0 spiro atoms. The summed E-state index contributed by atoms with van der Waals surface area (Å²) in [6.45, 7) is 12.7. The van der Waals surface area contributed by atoms with Gasteiger partial charge < -0.3 is 33.8 Å². The standard InChI is InChI=1S/C57H70N11O9PSi3/c1-6-7-33-66(34-20-35-78(73,74)75)38-48(70)59-32-19-37-80(4,5)77-81(76-79(2,3)36-18-31-58-47(69)29-16-17-30-49(71)72)67-54-43-25-12-13-26-44(43)56(67)64-52-41-23-10-11-24-42(41)53(61-52)65-57-46-28-15-14-27-45(46)55(68(57)81)63-51-40-22-9-8-21-39(40)50(60-51)62-54/h8-15,21-28H,6-7,16-20,29-38H2,1-5H3,(H,58,69)(H,59,70)(H,71,72)(H2,73,74,75). The van der Waals surface area contributed by atoms with Gasteiger partial charge >= 0.3 is 22.4 Å². The number of fused-ring (bicyclic) bond motifs is 14. The van der Waals surface area contributed by atoms with Crippen LogP contribution in [0.4, 0.5) is 11.6 Å². The van der Waals surface area contributed by atoms with Crippen LogP contribution in [-0.2, 0) is 27.2 Å². The van der Waals surface area contributed by atoms with Gasteiger partial charge in [0.1, 0.15) is 22.6 Å². The van der Waals surface area contributed by atoms with E-state index in [0.29, 0.717) is 110 Å². The lowest BCUT2D eigenvalue weighted by atomic mass is 10.1. The number of carbonyl (C=O) groups is 3. The van der Waals surface area contributed by atoms with Gasteiger partial charge in [0, 0.05) is 69.7 Å². The van der Waals surface area contributed by atoms with Crippen LogP contribution in [0.25, 0.3) is 21.5 Å². The van der Waals surface area contributed by atoms with Gasteiger partial charge in [-0.1, -0.05) is 110 Å². The number of aromatic nitrogens is 2. The van der Waals surface area contributed by atoms with Crippen molar-refractivity contribution in [2.45, 2.75) is 103 Å². The fourth-order valence-electron chi connectivity index (χ4n) is 11.0. The Hall–Kier alpha value is -6.67. The first-order valence-corrected chi connectivity index (χ1v) is 37.8. The number of nitrogens with zero attached hydrogens (tertiary/aromatic N) is 9. The molecule has 4 aliphatic heterocycles. The number of carbonyl (C=O) groups excluding carboxylic acids is 2.